The minimum absolute atomic E-state index is 0.474. The summed E-state index contributed by atoms with van der Waals surface area (Å²) in [5, 5.41) is 9.43. The van der Waals surface area contributed by atoms with Crippen molar-refractivity contribution in [3.05, 3.63) is 71.9 Å². The highest BCUT2D eigenvalue weighted by molar-refractivity contribution is 5.77. The van der Waals surface area contributed by atoms with Gasteiger partial charge in [-0.15, -0.1) is 0 Å². The summed E-state index contributed by atoms with van der Waals surface area (Å²) in [4.78, 5) is 0. The minimum atomic E-state index is 0.474. The fourth-order valence-electron chi connectivity index (χ4n) is 2.47. The molecule has 0 aliphatic heterocycles. The lowest BCUT2D eigenvalue weighted by Gasteiger charge is -2.06. The van der Waals surface area contributed by atoms with Crippen LogP contribution in [0.1, 0.15) is 11.1 Å². The third-order valence-corrected chi connectivity index (χ3v) is 3.52. The molecule has 1 aromatic heterocycles. The first-order chi connectivity index (χ1) is 10.2. The molecule has 0 aliphatic rings. The van der Waals surface area contributed by atoms with Gasteiger partial charge in [-0.3, -0.25) is 0 Å². The van der Waals surface area contributed by atoms with E-state index in [2.05, 4.69) is 6.07 Å². The Balaban J connectivity index is 2.21. The van der Waals surface area contributed by atoms with Gasteiger partial charge in [0, 0.05) is 17.4 Å². The normalized spacial score (nSPS) is 10.3. The Labute approximate surface area is 123 Å². The summed E-state index contributed by atoms with van der Waals surface area (Å²) in [6.07, 6.45) is 1.93. The van der Waals surface area contributed by atoms with Crippen molar-refractivity contribution in [1.82, 2.24) is 4.57 Å². The molecule has 102 valence electrons. The topological polar surface area (TPSA) is 54.7 Å². The molecule has 0 saturated carbocycles. The Kier molecular flexibility index (Phi) is 3.21. The summed E-state index contributed by atoms with van der Waals surface area (Å²) >= 11 is 0. The van der Waals surface area contributed by atoms with Gasteiger partial charge in [0.1, 0.15) is 17.5 Å². The van der Waals surface area contributed by atoms with E-state index in [0.29, 0.717) is 11.4 Å². The molecule has 1 heterocycles. The minimum Gasteiger partial charge on any atom is -0.384 e. The summed E-state index contributed by atoms with van der Waals surface area (Å²) in [7, 11) is 0. The van der Waals surface area contributed by atoms with E-state index < -0.39 is 0 Å². The molecule has 0 aliphatic carbocycles. The van der Waals surface area contributed by atoms with Crippen molar-refractivity contribution in [1.29, 1.82) is 5.26 Å². The van der Waals surface area contributed by atoms with Crippen molar-refractivity contribution in [2.75, 3.05) is 5.73 Å². The number of aromatic nitrogens is 1. The number of hydrogen-bond donors (Lipinski definition) is 1. The lowest BCUT2D eigenvalue weighted by molar-refractivity contribution is 1.09. The lowest BCUT2D eigenvalue weighted by Crippen LogP contribution is -1.99. The van der Waals surface area contributed by atoms with Gasteiger partial charge in [-0.05, 0) is 30.2 Å². The molecule has 3 heteroatoms. The van der Waals surface area contributed by atoms with Crippen LogP contribution in [0.5, 0.6) is 0 Å². The molecule has 2 N–H and O–H groups in total. The van der Waals surface area contributed by atoms with Crippen LogP contribution in [0.15, 0.2) is 60.8 Å². The molecule has 0 unspecified atom stereocenters. The molecule has 0 fully saturated rings. The van der Waals surface area contributed by atoms with E-state index in [9.17, 15) is 5.26 Å². The average molecular weight is 273 g/mol. The van der Waals surface area contributed by atoms with E-state index in [1.807, 2.05) is 72.3 Å². The summed E-state index contributed by atoms with van der Waals surface area (Å²) in [5.74, 6) is 0.474. The maximum Gasteiger partial charge on any atom is 0.126 e. The van der Waals surface area contributed by atoms with Gasteiger partial charge in [-0.1, -0.05) is 42.5 Å². The first-order valence-corrected chi connectivity index (χ1v) is 6.74. The zero-order valence-electron chi connectivity index (χ0n) is 11.7. The van der Waals surface area contributed by atoms with E-state index in [1.165, 1.54) is 0 Å². The second kappa shape index (κ2) is 5.18. The van der Waals surface area contributed by atoms with E-state index in [0.717, 1.165) is 22.4 Å². The summed E-state index contributed by atoms with van der Waals surface area (Å²) in [5.41, 5.74) is 10.7. The maximum atomic E-state index is 9.43. The fourth-order valence-corrected chi connectivity index (χ4v) is 2.47. The van der Waals surface area contributed by atoms with Crippen LogP contribution in [0.3, 0.4) is 0 Å². The van der Waals surface area contributed by atoms with E-state index in [-0.39, 0.29) is 0 Å². The second-order valence-corrected chi connectivity index (χ2v) is 4.99. The molecule has 0 spiro atoms. The van der Waals surface area contributed by atoms with Crippen LogP contribution < -0.4 is 5.73 Å². The van der Waals surface area contributed by atoms with Gasteiger partial charge >= 0.3 is 0 Å². The summed E-state index contributed by atoms with van der Waals surface area (Å²) < 4.78 is 1.87. The number of aryl methyl sites for hydroxylation is 1. The number of benzene rings is 2. The largest absolute Gasteiger partial charge is 0.384 e. The molecule has 2 aromatic carbocycles. The third-order valence-electron chi connectivity index (χ3n) is 3.52. The molecule has 0 atom stereocenters. The number of nitriles is 1. The van der Waals surface area contributed by atoms with Crippen molar-refractivity contribution in [2.24, 2.45) is 0 Å². The standard InChI is InChI=1S/C18H15N3/c1-13-6-5-9-15(10-13)21-12-17(16(11-19)18(21)20)14-7-3-2-4-8-14/h2-10,12H,20H2,1H3. The van der Waals surface area contributed by atoms with Gasteiger partial charge in [-0.2, -0.15) is 5.26 Å². The summed E-state index contributed by atoms with van der Waals surface area (Å²) in [6.45, 7) is 2.03. The first-order valence-electron chi connectivity index (χ1n) is 6.74. The van der Waals surface area contributed by atoms with Crippen LogP contribution in [0.2, 0.25) is 0 Å². The molecule has 0 bridgehead atoms. The average Bonchev–Trinajstić information content (AvgIpc) is 2.85. The number of hydrogen-bond acceptors (Lipinski definition) is 2. The molecule has 0 amide bonds. The molecule has 3 aromatic rings. The fraction of sp³-hybridized carbons (Fsp3) is 0.0556. The Morgan fingerprint density at radius 1 is 1.05 bits per heavy atom. The number of rotatable bonds is 2. The second-order valence-electron chi connectivity index (χ2n) is 4.99. The number of nitrogens with zero attached hydrogens (tertiary/aromatic N) is 2. The van der Waals surface area contributed by atoms with Crippen LogP contribution in [0.4, 0.5) is 5.82 Å². The molecule has 0 radical (unpaired) electrons. The van der Waals surface area contributed by atoms with Gasteiger partial charge in [0.05, 0.1) is 0 Å². The van der Waals surface area contributed by atoms with Gasteiger partial charge in [-0.25, -0.2) is 0 Å². The Morgan fingerprint density at radius 3 is 2.48 bits per heavy atom. The van der Waals surface area contributed by atoms with Gasteiger partial charge < -0.3 is 10.3 Å². The zero-order chi connectivity index (χ0) is 14.8. The number of nitrogens with two attached hydrogens (primary N) is 1. The highest BCUT2D eigenvalue weighted by Crippen LogP contribution is 2.31. The van der Waals surface area contributed by atoms with Crippen molar-refractivity contribution in [3.8, 4) is 22.9 Å². The van der Waals surface area contributed by atoms with Crippen LogP contribution in [0, 0.1) is 18.3 Å². The molecular weight excluding hydrogens is 258 g/mol. The molecule has 0 saturated heterocycles. The quantitative estimate of drug-likeness (QED) is 0.769. The Morgan fingerprint density at radius 2 is 1.81 bits per heavy atom. The third kappa shape index (κ3) is 2.28. The van der Waals surface area contributed by atoms with Gasteiger partial charge in [0.15, 0.2) is 0 Å². The Hall–Kier alpha value is -2.99. The summed E-state index contributed by atoms with van der Waals surface area (Å²) in [6, 6.07) is 20.1. The predicted octanol–water partition coefficient (Wildman–Crippen LogP) is 3.91. The smallest absolute Gasteiger partial charge is 0.126 e. The zero-order valence-corrected chi connectivity index (χ0v) is 11.7. The SMILES string of the molecule is Cc1cccc(-n2cc(-c3ccccc3)c(C#N)c2N)c1. The highest BCUT2D eigenvalue weighted by atomic mass is 15.0. The van der Waals surface area contributed by atoms with E-state index in [1.54, 1.807) is 0 Å². The van der Waals surface area contributed by atoms with Crippen molar-refractivity contribution < 1.29 is 0 Å². The van der Waals surface area contributed by atoms with Gasteiger partial charge in [0.25, 0.3) is 0 Å². The van der Waals surface area contributed by atoms with Crippen molar-refractivity contribution >= 4 is 5.82 Å². The number of nitrogen functional groups attached to an aromatic ring is 1. The van der Waals surface area contributed by atoms with Gasteiger partial charge in [0.2, 0.25) is 0 Å². The van der Waals surface area contributed by atoms with Crippen molar-refractivity contribution in [2.45, 2.75) is 6.92 Å². The molecular formula is C18H15N3. The van der Waals surface area contributed by atoms with Crippen LogP contribution in [0.25, 0.3) is 16.8 Å². The molecule has 21 heavy (non-hydrogen) atoms. The lowest BCUT2D eigenvalue weighted by atomic mass is 10.1. The maximum absolute atomic E-state index is 9.43. The first kappa shape index (κ1) is 13.0. The van der Waals surface area contributed by atoms with E-state index in [4.69, 9.17) is 5.73 Å². The van der Waals surface area contributed by atoms with Crippen LogP contribution >= 0.6 is 0 Å². The van der Waals surface area contributed by atoms with E-state index >= 15 is 0 Å². The predicted molar refractivity (Wildman–Crippen MR) is 85.1 cm³/mol. The van der Waals surface area contributed by atoms with Crippen molar-refractivity contribution in [3.63, 3.8) is 0 Å². The van der Waals surface area contributed by atoms with Crippen LogP contribution in [-0.4, -0.2) is 4.57 Å². The highest BCUT2D eigenvalue weighted by Gasteiger charge is 2.15. The molecule has 3 nitrogen and oxygen atoms in total. The Bertz CT molecular complexity index is 823. The molecule has 3 rings (SSSR count). The van der Waals surface area contributed by atoms with Crippen LogP contribution in [-0.2, 0) is 0 Å². The number of anilines is 1. The monoisotopic (exact) mass is 273 g/mol.